The third-order valence-corrected chi connectivity index (χ3v) is 4.70. The summed E-state index contributed by atoms with van der Waals surface area (Å²) >= 11 is 0. The predicted molar refractivity (Wildman–Crippen MR) is 92.9 cm³/mol. The lowest BCUT2D eigenvalue weighted by atomic mass is 9.78. The molecule has 132 valence electrons. The number of allylic oxidation sites excluding steroid dienone is 1. The molecule has 2 rings (SSSR count). The number of carbonyl (C=O) groups is 1. The Morgan fingerprint density at radius 2 is 2.17 bits per heavy atom. The molecule has 1 amide bonds. The van der Waals surface area contributed by atoms with Gasteiger partial charge in [-0.3, -0.25) is 9.69 Å². The van der Waals surface area contributed by atoms with Gasteiger partial charge in [0.05, 0.1) is 13.2 Å². The number of benzene rings is 1. The van der Waals surface area contributed by atoms with Gasteiger partial charge in [0, 0.05) is 25.0 Å². The summed E-state index contributed by atoms with van der Waals surface area (Å²) in [5.74, 6) is -0.186. The Balaban J connectivity index is 1.90. The molecule has 0 spiro atoms. The number of aliphatic hydroxyl groups excluding tert-OH is 1. The Kier molecular flexibility index (Phi) is 6.52. The molecule has 1 atom stereocenters. The zero-order chi connectivity index (χ0) is 17.6. The van der Waals surface area contributed by atoms with Crippen molar-refractivity contribution in [2.75, 3.05) is 33.3 Å². The summed E-state index contributed by atoms with van der Waals surface area (Å²) in [6.45, 7) is 6.07. The van der Waals surface area contributed by atoms with Crippen molar-refractivity contribution in [2.45, 2.75) is 25.8 Å². The molecule has 0 saturated carbocycles. The maximum atomic E-state index is 12.9. The molecule has 0 aliphatic carbocycles. The van der Waals surface area contributed by atoms with Gasteiger partial charge in [0.15, 0.2) is 0 Å². The number of likely N-dealkylation sites (N-methyl/N-ethyl adjacent to an activating group) is 1. The van der Waals surface area contributed by atoms with E-state index in [9.17, 15) is 14.3 Å². The highest BCUT2D eigenvalue weighted by molar-refractivity contribution is 5.78. The van der Waals surface area contributed by atoms with Gasteiger partial charge in [-0.1, -0.05) is 18.2 Å². The van der Waals surface area contributed by atoms with Crippen molar-refractivity contribution in [3.05, 3.63) is 48.3 Å². The minimum Gasteiger partial charge on any atom is -0.396 e. The third kappa shape index (κ3) is 4.89. The Morgan fingerprint density at radius 1 is 1.46 bits per heavy atom. The van der Waals surface area contributed by atoms with Gasteiger partial charge < -0.3 is 10.0 Å². The molecular weight excluding hydrogens is 307 g/mol. The number of piperidine rings is 1. The van der Waals surface area contributed by atoms with Crippen LogP contribution in [-0.2, 0) is 11.3 Å². The van der Waals surface area contributed by atoms with Gasteiger partial charge in [-0.05, 0) is 44.0 Å². The van der Waals surface area contributed by atoms with Crippen LogP contribution in [0.4, 0.5) is 4.39 Å². The Bertz CT molecular complexity index is 561. The fraction of sp³-hybridized carbons (Fsp3) is 0.526. The highest BCUT2D eigenvalue weighted by Crippen LogP contribution is 2.33. The van der Waals surface area contributed by atoms with Gasteiger partial charge >= 0.3 is 0 Å². The smallest absolute Gasteiger partial charge is 0.236 e. The quantitative estimate of drug-likeness (QED) is 0.779. The second-order valence-corrected chi connectivity index (χ2v) is 6.87. The van der Waals surface area contributed by atoms with Crippen molar-refractivity contribution in [1.29, 1.82) is 0 Å². The Labute approximate surface area is 143 Å². The molecule has 1 aliphatic rings. The number of hydrogen-bond donors (Lipinski definition) is 1. The highest BCUT2D eigenvalue weighted by Gasteiger charge is 2.35. The van der Waals surface area contributed by atoms with Crippen LogP contribution in [0, 0.1) is 11.2 Å². The minimum atomic E-state index is -0.256. The number of rotatable bonds is 7. The molecule has 1 aliphatic heterocycles. The first kappa shape index (κ1) is 18.6. The molecule has 1 heterocycles. The lowest BCUT2D eigenvalue weighted by Crippen LogP contribution is -2.50. The van der Waals surface area contributed by atoms with Crippen LogP contribution in [-0.4, -0.2) is 54.1 Å². The van der Waals surface area contributed by atoms with E-state index in [2.05, 4.69) is 6.58 Å². The second kappa shape index (κ2) is 8.40. The molecule has 1 N–H and O–H groups in total. The number of hydrogen-bond acceptors (Lipinski definition) is 3. The monoisotopic (exact) mass is 334 g/mol. The molecule has 0 radical (unpaired) electrons. The highest BCUT2D eigenvalue weighted by atomic mass is 19.1. The van der Waals surface area contributed by atoms with Crippen LogP contribution in [0.25, 0.3) is 0 Å². The number of carbonyl (C=O) groups excluding carboxylic acids is 1. The topological polar surface area (TPSA) is 43.8 Å². The van der Waals surface area contributed by atoms with Crippen LogP contribution in [0.5, 0.6) is 0 Å². The van der Waals surface area contributed by atoms with E-state index < -0.39 is 0 Å². The van der Waals surface area contributed by atoms with Crippen LogP contribution in [0.15, 0.2) is 36.9 Å². The molecule has 24 heavy (non-hydrogen) atoms. The fourth-order valence-electron chi connectivity index (χ4n) is 3.38. The normalized spacial score (nSPS) is 21.1. The zero-order valence-corrected chi connectivity index (χ0v) is 14.4. The first-order chi connectivity index (χ1) is 11.5. The van der Waals surface area contributed by atoms with E-state index in [-0.39, 0.29) is 23.7 Å². The van der Waals surface area contributed by atoms with Crippen LogP contribution >= 0.6 is 0 Å². The number of halogens is 1. The largest absolute Gasteiger partial charge is 0.396 e. The van der Waals surface area contributed by atoms with E-state index in [1.54, 1.807) is 12.1 Å². The van der Waals surface area contributed by atoms with E-state index in [4.69, 9.17) is 0 Å². The second-order valence-electron chi connectivity index (χ2n) is 6.87. The first-order valence-corrected chi connectivity index (χ1v) is 8.40. The van der Waals surface area contributed by atoms with Crippen LogP contribution < -0.4 is 0 Å². The van der Waals surface area contributed by atoms with Crippen LogP contribution in [0.3, 0.4) is 0 Å². The summed E-state index contributed by atoms with van der Waals surface area (Å²) in [7, 11) is 1.88. The standard InChI is InChI=1S/C19H27FN2O2/c1-3-9-19(15-23)10-4-11-22(14-19)18(24)13-21(2)12-16-5-7-17(20)8-6-16/h3,5-8,23H,1,4,9-15H2,2H3. The van der Waals surface area contributed by atoms with E-state index >= 15 is 0 Å². The van der Waals surface area contributed by atoms with Gasteiger partial charge in [-0.2, -0.15) is 0 Å². The van der Waals surface area contributed by atoms with Gasteiger partial charge in [0.1, 0.15) is 5.82 Å². The molecule has 0 aromatic heterocycles. The summed E-state index contributed by atoms with van der Waals surface area (Å²) in [6, 6.07) is 6.33. The third-order valence-electron chi connectivity index (χ3n) is 4.70. The molecule has 1 aromatic rings. The van der Waals surface area contributed by atoms with Crippen molar-refractivity contribution < 1.29 is 14.3 Å². The first-order valence-electron chi connectivity index (χ1n) is 8.40. The summed E-state index contributed by atoms with van der Waals surface area (Å²) in [6.07, 6.45) is 4.37. The fourth-order valence-corrected chi connectivity index (χ4v) is 3.38. The summed E-state index contributed by atoms with van der Waals surface area (Å²) in [4.78, 5) is 16.4. The van der Waals surface area contributed by atoms with Crippen LogP contribution in [0.1, 0.15) is 24.8 Å². The maximum Gasteiger partial charge on any atom is 0.236 e. The number of nitrogens with zero attached hydrogens (tertiary/aromatic N) is 2. The zero-order valence-electron chi connectivity index (χ0n) is 14.4. The van der Waals surface area contributed by atoms with Crippen molar-refractivity contribution in [1.82, 2.24) is 9.80 Å². The van der Waals surface area contributed by atoms with Crippen molar-refractivity contribution in [3.8, 4) is 0 Å². The lowest BCUT2D eigenvalue weighted by Gasteiger charge is -2.41. The Hall–Kier alpha value is -1.72. The lowest BCUT2D eigenvalue weighted by molar-refractivity contribution is -0.136. The van der Waals surface area contributed by atoms with Gasteiger partial charge in [-0.25, -0.2) is 4.39 Å². The molecule has 1 fully saturated rings. The van der Waals surface area contributed by atoms with E-state index in [0.29, 0.717) is 19.6 Å². The number of amides is 1. The van der Waals surface area contributed by atoms with E-state index in [1.165, 1.54) is 12.1 Å². The predicted octanol–water partition coefficient (Wildman–Crippen LogP) is 2.43. The molecular formula is C19H27FN2O2. The minimum absolute atomic E-state index is 0.0706. The van der Waals surface area contributed by atoms with Gasteiger partial charge in [0.25, 0.3) is 0 Å². The SMILES string of the molecule is C=CCC1(CO)CCCN(C(=O)CN(C)Cc2ccc(F)cc2)C1. The summed E-state index contributed by atoms with van der Waals surface area (Å²) < 4.78 is 12.9. The number of aliphatic hydroxyl groups is 1. The molecule has 4 nitrogen and oxygen atoms in total. The average molecular weight is 334 g/mol. The van der Waals surface area contributed by atoms with Crippen molar-refractivity contribution >= 4 is 5.91 Å². The summed E-state index contributed by atoms with van der Waals surface area (Å²) in [5, 5.41) is 9.74. The Morgan fingerprint density at radius 3 is 2.79 bits per heavy atom. The number of likely N-dealkylation sites (tertiary alicyclic amines) is 1. The molecule has 1 aromatic carbocycles. The average Bonchev–Trinajstić information content (AvgIpc) is 2.57. The van der Waals surface area contributed by atoms with Gasteiger partial charge in [-0.15, -0.1) is 6.58 Å². The molecule has 1 saturated heterocycles. The van der Waals surface area contributed by atoms with E-state index in [0.717, 1.165) is 31.4 Å². The van der Waals surface area contributed by atoms with Crippen molar-refractivity contribution in [3.63, 3.8) is 0 Å². The van der Waals surface area contributed by atoms with Crippen LogP contribution in [0.2, 0.25) is 0 Å². The van der Waals surface area contributed by atoms with Gasteiger partial charge in [0.2, 0.25) is 5.91 Å². The van der Waals surface area contributed by atoms with Crippen molar-refractivity contribution in [2.24, 2.45) is 5.41 Å². The molecule has 5 heteroatoms. The maximum absolute atomic E-state index is 12.9. The molecule has 1 unspecified atom stereocenters. The molecule has 0 bridgehead atoms. The summed E-state index contributed by atoms with van der Waals surface area (Å²) in [5.41, 5.74) is 0.729. The van der Waals surface area contributed by atoms with E-state index in [1.807, 2.05) is 22.9 Å².